The van der Waals surface area contributed by atoms with E-state index in [0.29, 0.717) is 25.2 Å². The molecule has 1 aliphatic heterocycles. The first-order valence-corrected chi connectivity index (χ1v) is 12.3. The molecule has 1 saturated heterocycles. The van der Waals surface area contributed by atoms with Gasteiger partial charge in [0.1, 0.15) is 17.4 Å². The van der Waals surface area contributed by atoms with E-state index in [-0.39, 0.29) is 23.9 Å². The number of methoxy groups -OCH3 is 1. The molecular formula is C28H32N4O5. The fourth-order valence-electron chi connectivity index (χ4n) is 4.26. The van der Waals surface area contributed by atoms with Crippen molar-refractivity contribution in [3.05, 3.63) is 78.1 Å². The lowest BCUT2D eigenvalue weighted by atomic mass is 9.90. The minimum Gasteiger partial charge on any atom is -0.497 e. The third-order valence-electron chi connectivity index (χ3n) is 6.78. The Hall–Kier alpha value is -3.85. The summed E-state index contributed by atoms with van der Waals surface area (Å²) in [6.07, 6.45) is 3.77. The van der Waals surface area contributed by atoms with Gasteiger partial charge in [-0.3, -0.25) is 14.4 Å². The Labute approximate surface area is 216 Å². The van der Waals surface area contributed by atoms with Crippen LogP contribution in [0.3, 0.4) is 0 Å². The van der Waals surface area contributed by atoms with Gasteiger partial charge in [0.05, 0.1) is 26.0 Å². The topological polar surface area (TPSA) is 116 Å². The zero-order valence-corrected chi connectivity index (χ0v) is 21.3. The Balaban J connectivity index is 1.55. The van der Waals surface area contributed by atoms with E-state index in [4.69, 9.17) is 9.47 Å². The van der Waals surface area contributed by atoms with Crippen LogP contribution in [0.25, 0.3) is 0 Å². The van der Waals surface area contributed by atoms with Gasteiger partial charge in [0.2, 0.25) is 5.91 Å². The number of benzene rings is 2. The largest absolute Gasteiger partial charge is 0.497 e. The molecule has 0 unspecified atom stereocenters. The highest BCUT2D eigenvalue weighted by molar-refractivity contribution is 5.97. The monoisotopic (exact) mass is 504 g/mol. The highest BCUT2D eigenvalue weighted by Gasteiger charge is 2.50. The van der Waals surface area contributed by atoms with Gasteiger partial charge >= 0.3 is 0 Å². The standard InChI is InChI=1S/C28H32N4O5/c1-19(32-14-13-29-31-32)25(33)17-22(15-21-9-11-23(36-3)12-10-21)27(35)30-24(26(34)28(2)18-37-28)16-20-7-5-4-6-8-20/h4-14,19,22,24H,15-18H2,1-3H3,(H,30,35)/t19-,22+,24-,28+/m0/s1. The summed E-state index contributed by atoms with van der Waals surface area (Å²) in [6, 6.07) is 15.5. The zero-order chi connectivity index (χ0) is 26.4. The highest BCUT2D eigenvalue weighted by atomic mass is 16.6. The van der Waals surface area contributed by atoms with Gasteiger partial charge in [0, 0.05) is 18.5 Å². The molecule has 194 valence electrons. The van der Waals surface area contributed by atoms with Gasteiger partial charge in [0.25, 0.3) is 0 Å². The molecule has 0 bridgehead atoms. The Morgan fingerprint density at radius 1 is 1.08 bits per heavy atom. The van der Waals surface area contributed by atoms with Gasteiger partial charge in [-0.1, -0.05) is 47.7 Å². The molecule has 0 saturated carbocycles. The summed E-state index contributed by atoms with van der Waals surface area (Å²) in [5.41, 5.74) is 0.911. The number of ether oxygens (including phenoxy) is 2. The van der Waals surface area contributed by atoms with Crippen LogP contribution in [0.4, 0.5) is 0 Å². The van der Waals surface area contributed by atoms with Crippen LogP contribution in [0.15, 0.2) is 67.0 Å². The first-order valence-electron chi connectivity index (χ1n) is 12.3. The summed E-state index contributed by atoms with van der Waals surface area (Å²) in [6.45, 7) is 3.79. The van der Waals surface area contributed by atoms with Gasteiger partial charge in [-0.15, -0.1) is 5.10 Å². The van der Waals surface area contributed by atoms with Gasteiger partial charge in [-0.25, -0.2) is 4.68 Å². The molecule has 1 aromatic heterocycles. The van der Waals surface area contributed by atoms with Gasteiger partial charge in [-0.05, 0) is 49.9 Å². The fraction of sp³-hybridized carbons (Fsp3) is 0.393. The number of ketones is 2. The molecule has 1 amide bonds. The van der Waals surface area contributed by atoms with Crippen molar-refractivity contribution in [2.75, 3.05) is 13.7 Å². The summed E-state index contributed by atoms with van der Waals surface area (Å²) in [4.78, 5) is 40.1. The number of carbonyl (C=O) groups is 3. The molecule has 0 spiro atoms. The lowest BCUT2D eigenvalue weighted by molar-refractivity contribution is -0.134. The predicted octanol–water partition coefficient (Wildman–Crippen LogP) is 2.75. The van der Waals surface area contributed by atoms with Crippen LogP contribution in [0.2, 0.25) is 0 Å². The number of epoxide rings is 1. The molecule has 4 rings (SSSR count). The predicted molar refractivity (Wildman–Crippen MR) is 136 cm³/mol. The average Bonchev–Trinajstić information content (AvgIpc) is 3.43. The first-order chi connectivity index (χ1) is 17.8. The zero-order valence-electron chi connectivity index (χ0n) is 21.3. The van der Waals surface area contributed by atoms with Crippen molar-refractivity contribution < 1.29 is 23.9 Å². The Morgan fingerprint density at radius 3 is 2.35 bits per heavy atom. The summed E-state index contributed by atoms with van der Waals surface area (Å²) >= 11 is 0. The van der Waals surface area contributed by atoms with E-state index >= 15 is 0 Å². The van der Waals surface area contributed by atoms with Crippen LogP contribution in [0.5, 0.6) is 5.75 Å². The Bertz CT molecular complexity index is 1210. The van der Waals surface area contributed by atoms with E-state index in [1.54, 1.807) is 27.2 Å². The van der Waals surface area contributed by atoms with Crippen molar-refractivity contribution in [2.45, 2.75) is 50.8 Å². The number of Topliss-reactive ketones (excluding diaryl/α,β-unsaturated/α-hetero) is 2. The van der Waals surface area contributed by atoms with E-state index in [0.717, 1.165) is 11.1 Å². The maximum Gasteiger partial charge on any atom is 0.224 e. The molecule has 9 heteroatoms. The maximum absolute atomic E-state index is 13.7. The summed E-state index contributed by atoms with van der Waals surface area (Å²) in [7, 11) is 1.59. The van der Waals surface area contributed by atoms with E-state index in [1.807, 2.05) is 54.6 Å². The molecular weight excluding hydrogens is 472 g/mol. The maximum atomic E-state index is 13.7. The number of carbonyl (C=O) groups excluding carboxylic acids is 3. The first kappa shape index (κ1) is 26.2. The minimum absolute atomic E-state index is 0.0150. The number of rotatable bonds is 13. The fourth-order valence-corrected chi connectivity index (χ4v) is 4.26. The van der Waals surface area contributed by atoms with Gasteiger partial charge in [0.15, 0.2) is 11.6 Å². The van der Waals surface area contributed by atoms with Crippen LogP contribution in [0.1, 0.15) is 37.4 Å². The number of hydrogen-bond donors (Lipinski definition) is 1. The highest BCUT2D eigenvalue weighted by Crippen LogP contribution is 2.29. The van der Waals surface area contributed by atoms with Crippen LogP contribution in [-0.4, -0.2) is 57.8 Å². The summed E-state index contributed by atoms with van der Waals surface area (Å²) < 4.78 is 12.1. The van der Waals surface area contributed by atoms with Crippen molar-refractivity contribution in [1.29, 1.82) is 0 Å². The average molecular weight is 505 g/mol. The van der Waals surface area contributed by atoms with E-state index in [9.17, 15) is 14.4 Å². The van der Waals surface area contributed by atoms with E-state index < -0.39 is 23.6 Å². The molecule has 0 radical (unpaired) electrons. The third kappa shape index (κ3) is 6.68. The van der Waals surface area contributed by atoms with Crippen LogP contribution in [0, 0.1) is 5.92 Å². The molecule has 4 atom stereocenters. The Kier molecular flexibility index (Phi) is 8.13. The second-order valence-corrected chi connectivity index (χ2v) is 9.61. The second kappa shape index (κ2) is 11.5. The molecule has 1 aliphatic rings. The molecule has 1 fully saturated rings. The molecule has 1 N–H and O–H groups in total. The summed E-state index contributed by atoms with van der Waals surface area (Å²) in [5.74, 6) is -0.663. The van der Waals surface area contributed by atoms with Crippen molar-refractivity contribution in [3.63, 3.8) is 0 Å². The number of amides is 1. The molecule has 37 heavy (non-hydrogen) atoms. The van der Waals surface area contributed by atoms with Gasteiger partial charge < -0.3 is 14.8 Å². The van der Waals surface area contributed by atoms with Crippen LogP contribution >= 0.6 is 0 Å². The van der Waals surface area contributed by atoms with Crippen molar-refractivity contribution in [3.8, 4) is 5.75 Å². The molecule has 2 aromatic carbocycles. The lowest BCUT2D eigenvalue weighted by Gasteiger charge is -2.24. The quantitative estimate of drug-likeness (QED) is 0.356. The molecule has 3 aromatic rings. The SMILES string of the molecule is COc1ccc(C[C@H](CC(=O)[C@H](C)n2ccnn2)C(=O)N[C@@H](Cc2ccccc2)C(=O)[C@@]2(C)CO2)cc1. The number of nitrogens with one attached hydrogen (secondary N) is 1. The number of nitrogens with zero attached hydrogens (tertiary/aromatic N) is 3. The molecule has 2 heterocycles. The second-order valence-electron chi connectivity index (χ2n) is 9.61. The summed E-state index contributed by atoms with van der Waals surface area (Å²) in [5, 5.41) is 10.6. The lowest BCUT2D eigenvalue weighted by Crippen LogP contribution is -2.49. The van der Waals surface area contributed by atoms with Crippen LogP contribution in [-0.2, 0) is 32.0 Å². The molecule has 0 aliphatic carbocycles. The smallest absolute Gasteiger partial charge is 0.224 e. The number of aromatic nitrogens is 3. The normalized spacial score (nSPS) is 18.9. The van der Waals surface area contributed by atoms with Crippen molar-refractivity contribution in [2.24, 2.45) is 5.92 Å². The van der Waals surface area contributed by atoms with Crippen molar-refractivity contribution >= 4 is 17.5 Å². The van der Waals surface area contributed by atoms with E-state index in [2.05, 4.69) is 15.6 Å². The minimum atomic E-state index is -0.893. The Morgan fingerprint density at radius 2 is 1.76 bits per heavy atom. The number of hydrogen-bond acceptors (Lipinski definition) is 7. The van der Waals surface area contributed by atoms with E-state index in [1.165, 1.54) is 10.9 Å². The van der Waals surface area contributed by atoms with Gasteiger partial charge in [-0.2, -0.15) is 0 Å². The molecule has 9 nitrogen and oxygen atoms in total. The third-order valence-corrected chi connectivity index (χ3v) is 6.78. The van der Waals surface area contributed by atoms with Crippen LogP contribution < -0.4 is 10.1 Å². The van der Waals surface area contributed by atoms with Crippen molar-refractivity contribution in [1.82, 2.24) is 20.3 Å².